The average molecular weight is 330 g/mol. The third kappa shape index (κ3) is 4.13. The second-order valence-corrected chi connectivity index (χ2v) is 5.75. The maximum atomic E-state index is 11.2. The molecule has 2 unspecified atom stereocenters. The SMILES string of the molecule is C=CN(CC(O)(c1ccc(Cl)cc1Cl)C(C)CC)/N=C\N. The van der Waals surface area contributed by atoms with Crippen LogP contribution >= 0.6 is 23.2 Å². The Hall–Kier alpha value is -1.23. The highest BCUT2D eigenvalue weighted by Crippen LogP contribution is 2.38. The summed E-state index contributed by atoms with van der Waals surface area (Å²) in [6, 6.07) is 5.07. The number of nitrogens with two attached hydrogens (primary N) is 1. The van der Waals surface area contributed by atoms with E-state index in [4.69, 9.17) is 28.9 Å². The number of hydrazone groups is 1. The first kappa shape index (κ1) is 17.8. The molecule has 0 heterocycles. The molecule has 2 atom stereocenters. The summed E-state index contributed by atoms with van der Waals surface area (Å²) in [7, 11) is 0. The third-order valence-electron chi connectivity index (χ3n) is 3.65. The van der Waals surface area contributed by atoms with Gasteiger partial charge in [0.1, 0.15) is 11.9 Å². The van der Waals surface area contributed by atoms with E-state index in [1.165, 1.54) is 11.2 Å². The van der Waals surface area contributed by atoms with E-state index in [0.717, 1.165) is 12.8 Å². The number of nitrogens with zero attached hydrogens (tertiary/aromatic N) is 2. The van der Waals surface area contributed by atoms with Gasteiger partial charge in [-0.25, -0.2) is 0 Å². The first-order valence-corrected chi connectivity index (χ1v) is 7.45. The fraction of sp³-hybridized carbons (Fsp3) is 0.400. The summed E-state index contributed by atoms with van der Waals surface area (Å²) >= 11 is 12.2. The van der Waals surface area contributed by atoms with Crippen LogP contribution in [-0.2, 0) is 5.60 Å². The first-order valence-electron chi connectivity index (χ1n) is 6.70. The molecule has 0 aliphatic rings. The summed E-state index contributed by atoms with van der Waals surface area (Å²) in [5, 5.41) is 17.6. The predicted octanol–water partition coefficient (Wildman–Crippen LogP) is 3.57. The van der Waals surface area contributed by atoms with Crippen molar-refractivity contribution in [3.63, 3.8) is 0 Å². The molecule has 0 radical (unpaired) electrons. The van der Waals surface area contributed by atoms with Crippen LogP contribution in [0.3, 0.4) is 0 Å². The van der Waals surface area contributed by atoms with Gasteiger partial charge < -0.3 is 10.8 Å². The number of hydrogen-bond acceptors (Lipinski definition) is 3. The van der Waals surface area contributed by atoms with E-state index in [2.05, 4.69) is 11.7 Å². The molecule has 1 aromatic carbocycles. The van der Waals surface area contributed by atoms with Gasteiger partial charge >= 0.3 is 0 Å². The van der Waals surface area contributed by atoms with Crippen LogP contribution < -0.4 is 5.73 Å². The molecule has 0 saturated heterocycles. The van der Waals surface area contributed by atoms with Crippen LogP contribution in [0.4, 0.5) is 0 Å². The number of benzene rings is 1. The van der Waals surface area contributed by atoms with Crippen LogP contribution in [0, 0.1) is 5.92 Å². The van der Waals surface area contributed by atoms with Crippen LogP contribution in [0.2, 0.25) is 10.0 Å². The van der Waals surface area contributed by atoms with Gasteiger partial charge in [-0.3, -0.25) is 5.01 Å². The molecule has 1 rings (SSSR count). The Morgan fingerprint density at radius 1 is 1.52 bits per heavy atom. The molecule has 21 heavy (non-hydrogen) atoms. The van der Waals surface area contributed by atoms with Gasteiger partial charge in [0, 0.05) is 21.8 Å². The molecule has 0 amide bonds. The van der Waals surface area contributed by atoms with Crippen LogP contribution in [0.25, 0.3) is 0 Å². The highest BCUT2D eigenvalue weighted by atomic mass is 35.5. The Balaban J connectivity index is 3.28. The van der Waals surface area contributed by atoms with Gasteiger partial charge in [-0.2, -0.15) is 5.10 Å². The van der Waals surface area contributed by atoms with Gasteiger partial charge in [-0.1, -0.05) is 56.1 Å². The summed E-state index contributed by atoms with van der Waals surface area (Å²) in [5.41, 5.74) is 4.73. The zero-order chi connectivity index (χ0) is 16.0. The van der Waals surface area contributed by atoms with Crippen molar-refractivity contribution in [2.45, 2.75) is 25.9 Å². The molecular weight excluding hydrogens is 309 g/mol. The molecule has 0 aliphatic heterocycles. The summed E-state index contributed by atoms with van der Waals surface area (Å²) in [6.07, 6.45) is 3.43. The molecule has 1 aromatic rings. The average Bonchev–Trinajstić information content (AvgIpc) is 2.45. The minimum absolute atomic E-state index is 0.0494. The maximum Gasteiger partial charge on any atom is 0.113 e. The number of rotatable bonds is 7. The Labute approximate surface area is 135 Å². The lowest BCUT2D eigenvalue weighted by Gasteiger charge is -2.37. The van der Waals surface area contributed by atoms with Gasteiger partial charge in [0.25, 0.3) is 0 Å². The van der Waals surface area contributed by atoms with Crippen LogP contribution in [-0.4, -0.2) is 23.0 Å². The molecule has 0 saturated carbocycles. The van der Waals surface area contributed by atoms with Crippen LogP contribution in [0.15, 0.2) is 36.1 Å². The molecule has 4 nitrogen and oxygen atoms in total. The fourth-order valence-electron chi connectivity index (χ4n) is 2.17. The van der Waals surface area contributed by atoms with Crippen LogP contribution in [0.5, 0.6) is 0 Å². The van der Waals surface area contributed by atoms with E-state index >= 15 is 0 Å². The van der Waals surface area contributed by atoms with E-state index in [1.54, 1.807) is 18.2 Å². The van der Waals surface area contributed by atoms with Gasteiger partial charge in [0.05, 0.1) is 6.54 Å². The summed E-state index contributed by atoms with van der Waals surface area (Å²) in [6.45, 7) is 7.83. The van der Waals surface area contributed by atoms with Crippen molar-refractivity contribution in [1.29, 1.82) is 0 Å². The van der Waals surface area contributed by atoms with Crippen molar-refractivity contribution in [1.82, 2.24) is 5.01 Å². The minimum Gasteiger partial charge on any atom is -0.388 e. The van der Waals surface area contributed by atoms with Crippen molar-refractivity contribution < 1.29 is 5.11 Å². The van der Waals surface area contributed by atoms with E-state index in [9.17, 15) is 5.11 Å². The molecule has 0 bridgehead atoms. The van der Waals surface area contributed by atoms with Gasteiger partial charge in [-0.05, 0) is 18.1 Å². The summed E-state index contributed by atoms with van der Waals surface area (Å²) in [5.74, 6) is -0.0494. The standard InChI is InChI=1S/C15H21Cl2N3O/c1-4-11(3)15(21,9-20(5-2)19-10-18)13-7-6-12(16)8-14(13)17/h5-8,10-11,21H,2,4,9H2,1,3H3,(H2,18,19). The Bertz CT molecular complexity index is 522. The van der Waals surface area contributed by atoms with Crippen molar-refractivity contribution in [3.05, 3.63) is 46.6 Å². The fourth-order valence-corrected chi connectivity index (χ4v) is 2.74. The smallest absolute Gasteiger partial charge is 0.113 e. The second kappa shape index (κ2) is 7.69. The van der Waals surface area contributed by atoms with Crippen LogP contribution in [0.1, 0.15) is 25.8 Å². The van der Waals surface area contributed by atoms with Crippen molar-refractivity contribution >= 4 is 29.5 Å². The zero-order valence-corrected chi connectivity index (χ0v) is 13.8. The van der Waals surface area contributed by atoms with Crippen molar-refractivity contribution in [2.24, 2.45) is 16.8 Å². The molecule has 116 valence electrons. The maximum absolute atomic E-state index is 11.2. The normalized spacial score (nSPS) is 15.7. The number of halogens is 2. The highest BCUT2D eigenvalue weighted by molar-refractivity contribution is 6.35. The van der Waals surface area contributed by atoms with Gasteiger partial charge in [0.15, 0.2) is 0 Å². The lowest BCUT2D eigenvalue weighted by molar-refractivity contribution is -0.0382. The molecule has 0 aromatic heterocycles. The topological polar surface area (TPSA) is 61.8 Å². The molecule has 3 N–H and O–H groups in total. The van der Waals surface area contributed by atoms with Gasteiger partial charge in [-0.15, -0.1) is 0 Å². The van der Waals surface area contributed by atoms with E-state index in [0.29, 0.717) is 15.6 Å². The predicted molar refractivity (Wildman–Crippen MR) is 89.4 cm³/mol. The number of aliphatic hydroxyl groups is 1. The zero-order valence-electron chi connectivity index (χ0n) is 12.3. The first-order chi connectivity index (χ1) is 9.88. The molecule has 0 aliphatic carbocycles. The largest absolute Gasteiger partial charge is 0.388 e. The Morgan fingerprint density at radius 3 is 2.67 bits per heavy atom. The minimum atomic E-state index is -1.20. The summed E-state index contributed by atoms with van der Waals surface area (Å²) in [4.78, 5) is 0. The Kier molecular flexibility index (Phi) is 6.52. The molecule has 0 fully saturated rings. The number of hydrogen-bond donors (Lipinski definition) is 2. The molecule has 6 heteroatoms. The van der Waals surface area contributed by atoms with Crippen molar-refractivity contribution in [3.8, 4) is 0 Å². The van der Waals surface area contributed by atoms with Gasteiger partial charge in [0.2, 0.25) is 0 Å². The second-order valence-electron chi connectivity index (χ2n) is 4.90. The monoisotopic (exact) mass is 329 g/mol. The molecule has 0 spiro atoms. The quantitative estimate of drug-likeness (QED) is 0.456. The van der Waals surface area contributed by atoms with E-state index < -0.39 is 5.60 Å². The third-order valence-corrected chi connectivity index (χ3v) is 4.20. The van der Waals surface area contributed by atoms with Crippen molar-refractivity contribution in [2.75, 3.05) is 6.54 Å². The van der Waals surface area contributed by atoms with E-state index in [1.807, 2.05) is 13.8 Å². The summed E-state index contributed by atoms with van der Waals surface area (Å²) < 4.78 is 0. The highest BCUT2D eigenvalue weighted by Gasteiger charge is 2.38. The molecular formula is C15H21Cl2N3O. The Morgan fingerprint density at radius 2 is 2.19 bits per heavy atom. The van der Waals surface area contributed by atoms with E-state index in [-0.39, 0.29) is 12.5 Å². The lowest BCUT2D eigenvalue weighted by atomic mass is 9.80. The lowest BCUT2D eigenvalue weighted by Crippen LogP contribution is -2.42.